The van der Waals surface area contributed by atoms with Crippen molar-refractivity contribution in [3.8, 4) is 6.07 Å². The van der Waals surface area contributed by atoms with Crippen molar-refractivity contribution in [1.82, 2.24) is 0 Å². The maximum atomic E-state index is 8.84. The third-order valence-corrected chi connectivity index (χ3v) is 3.52. The van der Waals surface area contributed by atoms with E-state index in [1.165, 1.54) is 5.56 Å². The lowest BCUT2D eigenvalue weighted by atomic mass is 10.0. The fourth-order valence-electron chi connectivity index (χ4n) is 2.42. The first kappa shape index (κ1) is 15.8. The molecule has 0 saturated carbocycles. The summed E-state index contributed by atoms with van der Waals surface area (Å²) >= 11 is 0. The van der Waals surface area contributed by atoms with Crippen molar-refractivity contribution in [2.45, 2.75) is 12.8 Å². The maximum Gasteiger partial charge on any atom is 0.201 e. The molecule has 0 radical (unpaired) electrons. The van der Waals surface area contributed by atoms with Crippen molar-refractivity contribution < 1.29 is 4.74 Å². The van der Waals surface area contributed by atoms with Gasteiger partial charge in [-0.25, -0.2) is 0 Å². The van der Waals surface area contributed by atoms with Crippen LogP contribution in [-0.2, 0) is 11.2 Å². The molecule has 1 aliphatic rings. The Morgan fingerprint density at radius 3 is 3.09 bits per heavy atom. The zero-order chi connectivity index (χ0) is 15.9. The number of nitriles is 1. The van der Waals surface area contributed by atoms with Gasteiger partial charge in [0, 0.05) is 25.9 Å². The summed E-state index contributed by atoms with van der Waals surface area (Å²) in [6, 6.07) is 7.76. The Hall–Kier alpha value is -2.59. The molecule has 1 heterocycles. The quantitative estimate of drug-likeness (QED) is 0.417. The topological polar surface area (TPSA) is 111 Å². The van der Waals surface area contributed by atoms with Gasteiger partial charge in [0.1, 0.15) is 6.07 Å². The molecular formula is C15H20N6O. The molecule has 0 spiro atoms. The van der Waals surface area contributed by atoms with Gasteiger partial charge >= 0.3 is 0 Å². The van der Waals surface area contributed by atoms with Crippen LogP contribution in [0.3, 0.4) is 0 Å². The minimum atomic E-state index is -0.352. The SMILES string of the molecule is COCCN1CCCc2ccc(N/N=C(\C#N)C(=N)N)cc21. The van der Waals surface area contributed by atoms with Gasteiger partial charge in [-0.05, 0) is 30.5 Å². The molecule has 7 nitrogen and oxygen atoms in total. The summed E-state index contributed by atoms with van der Waals surface area (Å²) in [5.41, 5.74) is 11.1. The fourth-order valence-corrected chi connectivity index (χ4v) is 2.42. The number of amidine groups is 1. The van der Waals surface area contributed by atoms with E-state index in [4.69, 9.17) is 21.1 Å². The summed E-state index contributed by atoms with van der Waals surface area (Å²) < 4.78 is 5.16. The molecule has 0 aliphatic carbocycles. The lowest BCUT2D eigenvalue weighted by molar-refractivity contribution is 0.205. The number of hydrogen-bond acceptors (Lipinski definition) is 6. The van der Waals surface area contributed by atoms with E-state index in [2.05, 4.69) is 21.5 Å². The molecular weight excluding hydrogens is 280 g/mol. The summed E-state index contributed by atoms with van der Waals surface area (Å²) in [5.74, 6) is -0.352. The first-order valence-electron chi connectivity index (χ1n) is 7.10. The first-order valence-corrected chi connectivity index (χ1v) is 7.10. The zero-order valence-corrected chi connectivity index (χ0v) is 12.6. The van der Waals surface area contributed by atoms with Gasteiger partial charge in [0.2, 0.25) is 5.71 Å². The summed E-state index contributed by atoms with van der Waals surface area (Å²) in [6.07, 6.45) is 2.18. The Morgan fingerprint density at radius 2 is 2.41 bits per heavy atom. The monoisotopic (exact) mass is 300 g/mol. The van der Waals surface area contributed by atoms with Gasteiger partial charge in [-0.2, -0.15) is 10.4 Å². The van der Waals surface area contributed by atoms with Gasteiger partial charge in [-0.1, -0.05) is 6.07 Å². The zero-order valence-electron chi connectivity index (χ0n) is 12.6. The number of nitrogens with zero attached hydrogens (tertiary/aromatic N) is 3. The van der Waals surface area contributed by atoms with Crippen LogP contribution < -0.4 is 16.1 Å². The van der Waals surface area contributed by atoms with Crippen molar-refractivity contribution in [3.05, 3.63) is 23.8 Å². The maximum absolute atomic E-state index is 8.84. The van der Waals surface area contributed by atoms with E-state index >= 15 is 0 Å². The highest BCUT2D eigenvalue weighted by Gasteiger charge is 2.16. The molecule has 0 saturated heterocycles. The third kappa shape index (κ3) is 3.74. The highest BCUT2D eigenvalue weighted by Crippen LogP contribution is 2.29. The van der Waals surface area contributed by atoms with Crippen molar-refractivity contribution in [3.63, 3.8) is 0 Å². The Kier molecular flexibility index (Phi) is 5.33. The van der Waals surface area contributed by atoms with Gasteiger partial charge in [0.05, 0.1) is 12.3 Å². The predicted octanol–water partition coefficient (Wildman–Crippen LogP) is 1.31. The number of aryl methyl sites for hydroxylation is 1. The normalized spacial score (nSPS) is 14.2. The third-order valence-electron chi connectivity index (χ3n) is 3.52. The number of methoxy groups -OCH3 is 1. The summed E-state index contributed by atoms with van der Waals surface area (Å²) in [5, 5.41) is 19.9. The molecule has 7 heteroatoms. The van der Waals surface area contributed by atoms with Crippen LogP contribution in [0.4, 0.5) is 11.4 Å². The first-order chi connectivity index (χ1) is 10.7. The molecule has 0 atom stereocenters. The van der Waals surface area contributed by atoms with Crippen LogP contribution in [-0.4, -0.2) is 38.4 Å². The Bertz CT molecular complexity index is 619. The second-order valence-corrected chi connectivity index (χ2v) is 5.02. The minimum Gasteiger partial charge on any atom is -0.383 e. The van der Waals surface area contributed by atoms with Crippen LogP contribution in [0.1, 0.15) is 12.0 Å². The number of fused-ring (bicyclic) bond motifs is 1. The van der Waals surface area contributed by atoms with Gasteiger partial charge in [0.25, 0.3) is 0 Å². The summed E-state index contributed by atoms with van der Waals surface area (Å²) in [4.78, 5) is 2.29. The Morgan fingerprint density at radius 1 is 1.59 bits per heavy atom. The molecule has 1 aromatic rings. The molecule has 0 bridgehead atoms. The van der Waals surface area contributed by atoms with Crippen molar-refractivity contribution in [2.24, 2.45) is 10.8 Å². The van der Waals surface area contributed by atoms with Gasteiger partial charge < -0.3 is 15.4 Å². The van der Waals surface area contributed by atoms with Gasteiger partial charge in [-0.3, -0.25) is 10.8 Å². The minimum absolute atomic E-state index is 0.131. The molecule has 4 N–H and O–H groups in total. The lowest BCUT2D eigenvalue weighted by Crippen LogP contribution is -2.32. The Labute approximate surface area is 129 Å². The lowest BCUT2D eigenvalue weighted by Gasteiger charge is -2.31. The number of anilines is 2. The largest absolute Gasteiger partial charge is 0.383 e. The fraction of sp³-hybridized carbons (Fsp3) is 0.400. The van der Waals surface area contributed by atoms with Crippen LogP contribution in [0.2, 0.25) is 0 Å². The number of hydrogen-bond donors (Lipinski definition) is 3. The highest BCUT2D eigenvalue weighted by molar-refractivity contribution is 6.45. The van der Waals surface area contributed by atoms with Crippen LogP contribution in [0.5, 0.6) is 0 Å². The number of hydrazone groups is 1. The number of ether oxygens (including phenoxy) is 1. The summed E-state index contributed by atoms with van der Waals surface area (Å²) in [7, 11) is 1.70. The van der Waals surface area contributed by atoms with E-state index in [-0.39, 0.29) is 11.5 Å². The van der Waals surface area contributed by atoms with Crippen LogP contribution in [0.25, 0.3) is 0 Å². The van der Waals surface area contributed by atoms with Crippen molar-refractivity contribution in [1.29, 1.82) is 10.7 Å². The summed E-state index contributed by atoms with van der Waals surface area (Å²) in [6.45, 7) is 2.52. The highest BCUT2D eigenvalue weighted by atomic mass is 16.5. The molecule has 0 amide bonds. The van der Waals surface area contributed by atoms with Gasteiger partial charge in [-0.15, -0.1) is 0 Å². The van der Waals surface area contributed by atoms with Crippen LogP contribution in [0, 0.1) is 16.7 Å². The molecule has 1 aliphatic heterocycles. The average Bonchev–Trinajstić information content (AvgIpc) is 2.53. The van der Waals surface area contributed by atoms with E-state index in [1.54, 1.807) is 13.2 Å². The number of benzene rings is 1. The van der Waals surface area contributed by atoms with Crippen LogP contribution in [0.15, 0.2) is 23.3 Å². The Balaban J connectivity index is 2.19. The molecule has 1 aromatic carbocycles. The number of nitrogens with two attached hydrogens (primary N) is 1. The van der Waals surface area contributed by atoms with E-state index in [9.17, 15) is 0 Å². The van der Waals surface area contributed by atoms with E-state index in [0.29, 0.717) is 6.61 Å². The van der Waals surface area contributed by atoms with E-state index in [0.717, 1.165) is 37.3 Å². The molecule has 0 fully saturated rings. The standard InChI is InChI=1S/C15H20N6O/c1-22-8-7-21-6-2-3-11-4-5-12(9-14(11)21)19-20-13(10-16)15(17)18/h4-5,9,19H,2-3,6-8H2,1H3,(H3,17,18)/b20-13+. The molecule has 2 rings (SSSR count). The smallest absolute Gasteiger partial charge is 0.201 e. The molecule has 22 heavy (non-hydrogen) atoms. The second kappa shape index (κ2) is 7.43. The van der Waals surface area contributed by atoms with Gasteiger partial charge in [0.15, 0.2) is 5.84 Å². The predicted molar refractivity (Wildman–Crippen MR) is 87.4 cm³/mol. The number of rotatable bonds is 6. The molecule has 0 aromatic heterocycles. The molecule has 0 unspecified atom stereocenters. The van der Waals surface area contributed by atoms with E-state index in [1.807, 2.05) is 12.1 Å². The number of nitrogens with one attached hydrogen (secondary N) is 2. The molecule has 116 valence electrons. The average molecular weight is 300 g/mol. The van der Waals surface area contributed by atoms with Crippen molar-refractivity contribution >= 4 is 22.9 Å². The van der Waals surface area contributed by atoms with Crippen LogP contribution >= 0.6 is 0 Å². The van der Waals surface area contributed by atoms with Crippen molar-refractivity contribution in [2.75, 3.05) is 37.1 Å². The van der Waals surface area contributed by atoms with E-state index < -0.39 is 0 Å². The second-order valence-electron chi connectivity index (χ2n) is 5.02.